The van der Waals surface area contributed by atoms with E-state index < -0.39 is 10.2 Å². The van der Waals surface area contributed by atoms with Crippen LogP contribution in [0.5, 0.6) is 0 Å². The maximum Gasteiger partial charge on any atom is 0.281 e. The maximum absolute atomic E-state index is 12.4. The quantitative estimate of drug-likeness (QED) is 0.865. The van der Waals surface area contributed by atoms with E-state index in [1.165, 1.54) is 9.87 Å². The van der Waals surface area contributed by atoms with E-state index in [1.54, 1.807) is 29.7 Å². The van der Waals surface area contributed by atoms with Gasteiger partial charge in [0.15, 0.2) is 5.13 Å². The molecule has 2 heterocycles. The molecule has 1 aliphatic heterocycles. The Balaban J connectivity index is 1.96. The van der Waals surface area contributed by atoms with Gasteiger partial charge in [0.05, 0.1) is 5.69 Å². The highest BCUT2D eigenvalue weighted by atomic mass is 32.2. The zero-order valence-electron chi connectivity index (χ0n) is 14.8. The second-order valence-corrected chi connectivity index (χ2v) is 9.43. The Morgan fingerprint density at radius 1 is 1.20 bits per heavy atom. The van der Waals surface area contributed by atoms with Crippen molar-refractivity contribution in [3.8, 4) is 0 Å². The summed E-state index contributed by atoms with van der Waals surface area (Å²) in [7, 11) is 1.64. The number of rotatable bonds is 5. The third-order valence-corrected chi connectivity index (χ3v) is 7.70. The van der Waals surface area contributed by atoms with Gasteiger partial charge in [-0.1, -0.05) is 30.3 Å². The summed E-state index contributed by atoms with van der Waals surface area (Å²) in [6.45, 7) is 0.976. The van der Waals surface area contributed by atoms with Crippen LogP contribution in [-0.2, 0) is 15.6 Å². The Labute approximate surface area is 153 Å². The van der Waals surface area contributed by atoms with E-state index in [1.807, 2.05) is 25.2 Å². The molecule has 1 aliphatic rings. The van der Waals surface area contributed by atoms with Crippen LogP contribution in [-0.4, -0.2) is 56.2 Å². The van der Waals surface area contributed by atoms with Gasteiger partial charge in [0.2, 0.25) is 0 Å². The Morgan fingerprint density at radius 3 is 2.36 bits per heavy atom. The molecule has 1 N–H and O–H groups in total. The lowest BCUT2D eigenvalue weighted by Crippen LogP contribution is -2.49. The van der Waals surface area contributed by atoms with Crippen LogP contribution < -0.4 is 5.32 Å². The smallest absolute Gasteiger partial charge is 0.281 e. The second kappa shape index (κ2) is 7.03. The summed E-state index contributed by atoms with van der Waals surface area (Å²) in [5, 5.41) is 6.07. The van der Waals surface area contributed by atoms with Crippen molar-refractivity contribution in [2.45, 2.75) is 18.3 Å². The summed E-state index contributed by atoms with van der Waals surface area (Å²) in [4.78, 5) is 4.75. The minimum absolute atomic E-state index is 0.245. The van der Waals surface area contributed by atoms with Gasteiger partial charge in [0.25, 0.3) is 10.2 Å². The number of thiazole rings is 1. The molecule has 136 valence electrons. The molecule has 0 saturated carbocycles. The Kier molecular flexibility index (Phi) is 5.15. The summed E-state index contributed by atoms with van der Waals surface area (Å²) in [5.74, 6) is 0. The van der Waals surface area contributed by atoms with Crippen molar-refractivity contribution in [1.29, 1.82) is 0 Å². The second-order valence-electron chi connectivity index (χ2n) is 6.43. The molecule has 1 fully saturated rings. The van der Waals surface area contributed by atoms with Gasteiger partial charge in [-0.3, -0.25) is 0 Å². The third-order valence-electron chi connectivity index (χ3n) is 4.90. The van der Waals surface area contributed by atoms with Crippen LogP contribution in [0.4, 0.5) is 5.13 Å². The minimum atomic E-state index is -3.38. The summed E-state index contributed by atoms with van der Waals surface area (Å²) < 4.78 is 27.7. The number of benzene rings is 1. The van der Waals surface area contributed by atoms with Crippen LogP contribution in [0.15, 0.2) is 35.7 Å². The monoisotopic (exact) mass is 380 g/mol. The number of piperidine rings is 1. The van der Waals surface area contributed by atoms with Gasteiger partial charge in [0.1, 0.15) is 0 Å². The van der Waals surface area contributed by atoms with Crippen LogP contribution in [0.3, 0.4) is 0 Å². The van der Waals surface area contributed by atoms with E-state index in [4.69, 9.17) is 4.98 Å². The summed E-state index contributed by atoms with van der Waals surface area (Å²) in [6, 6.07) is 10.3. The molecule has 0 radical (unpaired) electrons. The van der Waals surface area contributed by atoms with E-state index >= 15 is 0 Å². The molecule has 25 heavy (non-hydrogen) atoms. The molecule has 0 bridgehead atoms. The molecule has 1 aromatic carbocycles. The Hall–Kier alpha value is -1.48. The first-order valence-electron chi connectivity index (χ1n) is 8.27. The van der Waals surface area contributed by atoms with Gasteiger partial charge in [-0.15, -0.1) is 11.3 Å². The average molecular weight is 381 g/mol. The molecule has 0 atom stereocenters. The van der Waals surface area contributed by atoms with E-state index in [0.29, 0.717) is 13.1 Å². The predicted molar refractivity (Wildman–Crippen MR) is 102 cm³/mol. The lowest BCUT2D eigenvalue weighted by atomic mass is 9.71. The van der Waals surface area contributed by atoms with Gasteiger partial charge in [0, 0.05) is 45.0 Å². The van der Waals surface area contributed by atoms with Gasteiger partial charge >= 0.3 is 0 Å². The zero-order valence-corrected chi connectivity index (χ0v) is 16.4. The molecule has 6 nitrogen and oxygen atoms in total. The average Bonchev–Trinajstić information content (AvgIpc) is 3.12. The molecule has 1 aromatic heterocycles. The molecule has 0 spiro atoms. The minimum Gasteiger partial charge on any atom is -0.365 e. The fourth-order valence-corrected chi connectivity index (χ4v) is 5.26. The lowest BCUT2D eigenvalue weighted by Gasteiger charge is -2.41. The van der Waals surface area contributed by atoms with Crippen molar-refractivity contribution < 1.29 is 8.42 Å². The molecule has 0 amide bonds. The maximum atomic E-state index is 12.4. The number of hydrogen-bond acceptors (Lipinski definition) is 5. The van der Waals surface area contributed by atoms with E-state index in [2.05, 4.69) is 22.8 Å². The standard InChI is InChI=1S/C17H24N4O2S2/c1-18-16-19-15(13-24-16)17(14-7-5-4-6-8-14)9-11-21(12-10-17)25(22,23)20(2)3/h4-8,13H,9-12H2,1-3H3,(H,18,19). The first kappa shape index (κ1) is 18.3. The SMILES string of the molecule is CNc1nc(C2(c3ccccc3)CCN(S(=O)(=O)N(C)C)CC2)cs1. The molecule has 0 unspecified atom stereocenters. The zero-order chi connectivity index (χ0) is 18.1. The van der Waals surface area contributed by atoms with Gasteiger partial charge < -0.3 is 5.32 Å². The number of nitrogens with zero attached hydrogens (tertiary/aromatic N) is 3. The highest BCUT2D eigenvalue weighted by Gasteiger charge is 2.42. The van der Waals surface area contributed by atoms with Gasteiger partial charge in [-0.05, 0) is 18.4 Å². The largest absolute Gasteiger partial charge is 0.365 e. The lowest BCUT2D eigenvalue weighted by molar-refractivity contribution is 0.252. The number of aromatic nitrogens is 1. The van der Waals surface area contributed by atoms with Crippen molar-refractivity contribution >= 4 is 26.7 Å². The molecule has 3 rings (SSSR count). The van der Waals surface area contributed by atoms with Crippen LogP contribution in [0.1, 0.15) is 24.1 Å². The number of nitrogens with one attached hydrogen (secondary N) is 1. The summed E-state index contributed by atoms with van der Waals surface area (Å²) >= 11 is 1.59. The highest BCUT2D eigenvalue weighted by molar-refractivity contribution is 7.86. The fourth-order valence-electron chi connectivity index (χ4n) is 3.39. The summed E-state index contributed by atoms with van der Waals surface area (Å²) in [5.41, 5.74) is 1.98. The third kappa shape index (κ3) is 3.31. The van der Waals surface area contributed by atoms with Crippen molar-refractivity contribution in [1.82, 2.24) is 13.6 Å². The van der Waals surface area contributed by atoms with Crippen molar-refractivity contribution in [3.05, 3.63) is 47.0 Å². The van der Waals surface area contributed by atoms with E-state index in [9.17, 15) is 8.42 Å². The molecular weight excluding hydrogens is 356 g/mol. The van der Waals surface area contributed by atoms with Crippen LogP contribution in [0.25, 0.3) is 0 Å². The molecule has 1 saturated heterocycles. The molecule has 2 aromatic rings. The van der Waals surface area contributed by atoms with Crippen molar-refractivity contribution in [2.75, 3.05) is 39.5 Å². The molecule has 8 heteroatoms. The Bertz CT molecular complexity index is 810. The van der Waals surface area contributed by atoms with Crippen LogP contribution >= 0.6 is 11.3 Å². The molecular formula is C17H24N4O2S2. The highest BCUT2D eigenvalue weighted by Crippen LogP contribution is 2.43. The normalized spacial score (nSPS) is 18.4. The van der Waals surface area contributed by atoms with Crippen LogP contribution in [0, 0.1) is 0 Å². The van der Waals surface area contributed by atoms with Gasteiger partial charge in [-0.2, -0.15) is 17.0 Å². The number of hydrogen-bond donors (Lipinski definition) is 1. The van der Waals surface area contributed by atoms with Crippen molar-refractivity contribution in [2.24, 2.45) is 0 Å². The Morgan fingerprint density at radius 2 is 1.84 bits per heavy atom. The molecule has 0 aliphatic carbocycles. The van der Waals surface area contributed by atoms with Crippen LogP contribution in [0.2, 0.25) is 0 Å². The topological polar surface area (TPSA) is 65.5 Å². The number of anilines is 1. The first-order chi connectivity index (χ1) is 11.9. The fraction of sp³-hybridized carbons (Fsp3) is 0.471. The van der Waals surface area contributed by atoms with E-state index in [0.717, 1.165) is 23.7 Å². The summed E-state index contributed by atoms with van der Waals surface area (Å²) in [6.07, 6.45) is 1.44. The van der Waals surface area contributed by atoms with Crippen molar-refractivity contribution in [3.63, 3.8) is 0 Å². The predicted octanol–water partition coefficient (Wildman–Crippen LogP) is 2.37. The van der Waals surface area contributed by atoms with E-state index in [-0.39, 0.29) is 5.41 Å². The van der Waals surface area contributed by atoms with Gasteiger partial charge in [-0.25, -0.2) is 4.98 Å². The first-order valence-corrected chi connectivity index (χ1v) is 10.5.